The summed E-state index contributed by atoms with van der Waals surface area (Å²) in [5.74, 6) is 1.23. The van der Waals surface area contributed by atoms with E-state index in [2.05, 4.69) is 10.5 Å². The molecule has 1 fully saturated rings. The summed E-state index contributed by atoms with van der Waals surface area (Å²) in [5.41, 5.74) is 4.02. The molecule has 1 aromatic carbocycles. The van der Waals surface area contributed by atoms with E-state index < -0.39 is 0 Å². The molecular weight excluding hydrogens is 260 g/mol. The largest absolute Gasteiger partial charge is 0.493 e. The number of carbonyl (C=O) groups is 1. The maximum absolute atomic E-state index is 11.2. The fourth-order valence-electron chi connectivity index (χ4n) is 2.26. The van der Waals surface area contributed by atoms with Crippen molar-refractivity contribution in [3.8, 4) is 11.5 Å². The molecule has 0 aromatic heterocycles. The average Bonchev–Trinajstić information content (AvgIpc) is 3.10. The molecule has 2 heterocycles. The van der Waals surface area contributed by atoms with Crippen molar-refractivity contribution in [1.29, 1.82) is 0 Å². The smallest absolute Gasteiger partial charge is 0.246 e. The minimum absolute atomic E-state index is 0.0458. The Morgan fingerprint density at radius 1 is 1.40 bits per heavy atom. The molecular formula is C14H16N2O4. The summed E-state index contributed by atoms with van der Waals surface area (Å²) in [6.07, 6.45) is 1.21. The van der Waals surface area contributed by atoms with Crippen LogP contribution >= 0.6 is 0 Å². The Hall–Kier alpha value is -2.08. The number of methoxy groups -OCH3 is 1. The van der Waals surface area contributed by atoms with Crippen molar-refractivity contribution in [2.24, 2.45) is 5.10 Å². The lowest BCUT2D eigenvalue weighted by molar-refractivity contribution is -0.119. The zero-order chi connectivity index (χ0) is 13.9. The van der Waals surface area contributed by atoms with Gasteiger partial charge in [0.25, 0.3) is 0 Å². The second kappa shape index (κ2) is 5.50. The van der Waals surface area contributed by atoms with Crippen molar-refractivity contribution in [1.82, 2.24) is 5.43 Å². The Bertz CT molecular complexity index is 550. The van der Waals surface area contributed by atoms with Gasteiger partial charge in [0.1, 0.15) is 6.10 Å². The fraction of sp³-hybridized carbons (Fsp3) is 0.429. The maximum atomic E-state index is 11.2. The quantitative estimate of drug-likeness (QED) is 0.893. The summed E-state index contributed by atoms with van der Waals surface area (Å²) in [5, 5.41) is 4.01. The molecule has 0 radical (unpaired) electrons. The second-order valence-electron chi connectivity index (χ2n) is 4.74. The van der Waals surface area contributed by atoms with Gasteiger partial charge in [0.15, 0.2) is 11.5 Å². The van der Waals surface area contributed by atoms with Crippen LogP contribution in [0.2, 0.25) is 0 Å². The normalized spacial score (nSPS) is 21.6. The summed E-state index contributed by atoms with van der Waals surface area (Å²) >= 11 is 0. The van der Waals surface area contributed by atoms with Crippen LogP contribution in [0, 0.1) is 0 Å². The van der Waals surface area contributed by atoms with Crippen LogP contribution in [0.1, 0.15) is 18.4 Å². The Labute approximate surface area is 116 Å². The minimum Gasteiger partial charge on any atom is -0.493 e. The summed E-state index contributed by atoms with van der Waals surface area (Å²) in [7, 11) is 1.60. The van der Waals surface area contributed by atoms with E-state index in [1.165, 1.54) is 0 Å². The molecule has 20 heavy (non-hydrogen) atoms. The molecule has 0 spiro atoms. The maximum Gasteiger partial charge on any atom is 0.246 e. The molecule has 1 unspecified atom stereocenters. The van der Waals surface area contributed by atoms with Gasteiger partial charge in [-0.15, -0.1) is 0 Å². The van der Waals surface area contributed by atoms with Crippen molar-refractivity contribution in [2.75, 3.05) is 20.3 Å². The number of rotatable bonds is 4. The van der Waals surface area contributed by atoms with Gasteiger partial charge in [-0.05, 0) is 18.2 Å². The summed E-state index contributed by atoms with van der Waals surface area (Å²) in [6.45, 7) is 1.31. The molecule has 6 nitrogen and oxygen atoms in total. The summed E-state index contributed by atoms with van der Waals surface area (Å²) in [4.78, 5) is 11.2. The topological polar surface area (TPSA) is 69.2 Å². The molecule has 0 bridgehead atoms. The molecule has 0 aliphatic carbocycles. The summed E-state index contributed by atoms with van der Waals surface area (Å²) < 4.78 is 16.5. The molecule has 1 N–H and O–H groups in total. The third-order valence-electron chi connectivity index (χ3n) is 3.32. The highest BCUT2D eigenvalue weighted by atomic mass is 16.6. The fourth-order valence-corrected chi connectivity index (χ4v) is 2.26. The Kier molecular flexibility index (Phi) is 3.56. The number of nitrogens with zero attached hydrogens (tertiary/aromatic N) is 1. The lowest BCUT2D eigenvalue weighted by atomic mass is 10.1. The number of ether oxygens (including phenoxy) is 3. The predicted molar refractivity (Wildman–Crippen MR) is 72.1 cm³/mol. The number of benzene rings is 1. The highest BCUT2D eigenvalue weighted by Crippen LogP contribution is 2.31. The molecule has 106 valence electrons. The first-order valence-corrected chi connectivity index (χ1v) is 6.54. The predicted octanol–water partition coefficient (Wildman–Crippen LogP) is 1.09. The summed E-state index contributed by atoms with van der Waals surface area (Å²) in [6, 6.07) is 5.55. The third kappa shape index (κ3) is 2.60. The van der Waals surface area contributed by atoms with Gasteiger partial charge in [-0.2, -0.15) is 5.10 Å². The molecule has 1 atom stereocenters. The minimum atomic E-state index is -0.0949. The van der Waals surface area contributed by atoms with Crippen LogP contribution in [-0.2, 0) is 9.53 Å². The standard InChI is InChI=1S/C14H16N2O4/c1-18-12-3-2-9(11-7-14(17)16-15-11)6-13(12)20-10-4-5-19-8-10/h2-3,6,10H,4-5,7-8H2,1H3,(H,16,17). The van der Waals surface area contributed by atoms with Gasteiger partial charge in [-0.25, -0.2) is 5.43 Å². The molecule has 3 rings (SSSR count). The Morgan fingerprint density at radius 3 is 2.95 bits per heavy atom. The van der Waals surface area contributed by atoms with E-state index in [-0.39, 0.29) is 18.4 Å². The molecule has 1 amide bonds. The molecule has 6 heteroatoms. The van der Waals surface area contributed by atoms with Gasteiger partial charge < -0.3 is 14.2 Å². The number of amides is 1. The van der Waals surface area contributed by atoms with E-state index in [9.17, 15) is 4.79 Å². The highest BCUT2D eigenvalue weighted by molar-refractivity contribution is 6.13. The number of hydrogen-bond acceptors (Lipinski definition) is 5. The first-order chi connectivity index (χ1) is 9.76. The first-order valence-electron chi connectivity index (χ1n) is 6.54. The monoisotopic (exact) mass is 276 g/mol. The number of carbonyl (C=O) groups excluding carboxylic acids is 1. The van der Waals surface area contributed by atoms with Crippen molar-refractivity contribution < 1.29 is 19.0 Å². The Morgan fingerprint density at radius 2 is 2.30 bits per heavy atom. The van der Waals surface area contributed by atoms with Gasteiger partial charge in [0, 0.05) is 12.0 Å². The SMILES string of the molecule is COc1ccc(C2=NNC(=O)C2)cc1OC1CCOC1. The van der Waals surface area contributed by atoms with E-state index in [1.54, 1.807) is 7.11 Å². The van der Waals surface area contributed by atoms with E-state index in [4.69, 9.17) is 14.2 Å². The Balaban J connectivity index is 1.84. The van der Waals surface area contributed by atoms with Crippen LogP contribution in [0.25, 0.3) is 0 Å². The van der Waals surface area contributed by atoms with Gasteiger partial charge >= 0.3 is 0 Å². The molecule has 1 saturated heterocycles. The number of nitrogens with one attached hydrogen (secondary N) is 1. The molecule has 2 aliphatic rings. The van der Waals surface area contributed by atoms with Crippen LogP contribution in [-0.4, -0.2) is 38.0 Å². The van der Waals surface area contributed by atoms with Crippen LogP contribution < -0.4 is 14.9 Å². The van der Waals surface area contributed by atoms with E-state index in [0.717, 1.165) is 18.6 Å². The lowest BCUT2D eigenvalue weighted by Gasteiger charge is -2.15. The average molecular weight is 276 g/mol. The van der Waals surface area contributed by atoms with Crippen LogP contribution in [0.15, 0.2) is 23.3 Å². The first kappa shape index (κ1) is 12.9. The van der Waals surface area contributed by atoms with Crippen LogP contribution in [0.5, 0.6) is 11.5 Å². The van der Waals surface area contributed by atoms with Crippen LogP contribution in [0.3, 0.4) is 0 Å². The van der Waals surface area contributed by atoms with Crippen molar-refractivity contribution in [3.63, 3.8) is 0 Å². The van der Waals surface area contributed by atoms with Gasteiger partial charge in [-0.1, -0.05) is 0 Å². The highest BCUT2D eigenvalue weighted by Gasteiger charge is 2.21. The van der Waals surface area contributed by atoms with Gasteiger partial charge in [0.05, 0.1) is 32.5 Å². The van der Waals surface area contributed by atoms with E-state index in [1.807, 2.05) is 18.2 Å². The zero-order valence-corrected chi connectivity index (χ0v) is 11.2. The third-order valence-corrected chi connectivity index (χ3v) is 3.32. The van der Waals surface area contributed by atoms with Crippen molar-refractivity contribution in [2.45, 2.75) is 18.9 Å². The van der Waals surface area contributed by atoms with E-state index >= 15 is 0 Å². The van der Waals surface area contributed by atoms with Crippen molar-refractivity contribution in [3.05, 3.63) is 23.8 Å². The number of hydrazone groups is 1. The van der Waals surface area contributed by atoms with E-state index in [0.29, 0.717) is 23.8 Å². The molecule has 2 aliphatic heterocycles. The van der Waals surface area contributed by atoms with Crippen LogP contribution in [0.4, 0.5) is 0 Å². The van der Waals surface area contributed by atoms with Gasteiger partial charge in [-0.3, -0.25) is 4.79 Å². The number of hydrogen-bond donors (Lipinski definition) is 1. The molecule has 1 aromatic rings. The lowest BCUT2D eigenvalue weighted by Crippen LogP contribution is -2.16. The zero-order valence-electron chi connectivity index (χ0n) is 11.2. The second-order valence-corrected chi connectivity index (χ2v) is 4.74. The molecule has 0 saturated carbocycles. The van der Waals surface area contributed by atoms with Gasteiger partial charge in [0.2, 0.25) is 5.91 Å². The van der Waals surface area contributed by atoms with Crippen molar-refractivity contribution >= 4 is 11.6 Å².